The molecule has 0 saturated carbocycles. The first-order valence-corrected chi connectivity index (χ1v) is 7.95. The molecule has 1 rings (SSSR count). The van der Waals surface area contributed by atoms with Gasteiger partial charge in [-0.1, -0.05) is 20.8 Å². The van der Waals surface area contributed by atoms with E-state index in [1.54, 1.807) is 0 Å². The predicted octanol–water partition coefficient (Wildman–Crippen LogP) is 2.43. The van der Waals surface area contributed by atoms with Crippen LogP contribution in [0.2, 0.25) is 0 Å². The van der Waals surface area contributed by atoms with Crippen molar-refractivity contribution in [3.05, 3.63) is 0 Å². The molecule has 4 nitrogen and oxygen atoms in total. The van der Waals surface area contributed by atoms with Crippen LogP contribution in [0.1, 0.15) is 53.9 Å². The molecule has 0 aromatic carbocycles. The van der Waals surface area contributed by atoms with Crippen LogP contribution in [-0.2, 0) is 9.53 Å². The van der Waals surface area contributed by atoms with Crippen LogP contribution in [0.4, 0.5) is 0 Å². The van der Waals surface area contributed by atoms with Crippen molar-refractivity contribution in [2.24, 2.45) is 5.92 Å². The van der Waals surface area contributed by atoms with Gasteiger partial charge in [0.05, 0.1) is 7.11 Å². The summed E-state index contributed by atoms with van der Waals surface area (Å²) >= 11 is 0. The van der Waals surface area contributed by atoms with E-state index in [-0.39, 0.29) is 5.97 Å². The number of nitrogens with one attached hydrogen (secondary N) is 1. The fourth-order valence-corrected chi connectivity index (χ4v) is 3.63. The molecule has 1 fully saturated rings. The van der Waals surface area contributed by atoms with Crippen LogP contribution < -0.4 is 5.32 Å². The summed E-state index contributed by atoms with van der Waals surface area (Å²) in [6, 6.07) is 1.03. The molecule has 0 spiro atoms. The summed E-state index contributed by atoms with van der Waals surface area (Å²) in [6.45, 7) is 12.7. The Bertz CT molecular complexity index is 320. The Morgan fingerprint density at radius 3 is 2.60 bits per heavy atom. The second-order valence-corrected chi connectivity index (χ2v) is 6.60. The molecule has 3 atom stereocenters. The van der Waals surface area contributed by atoms with Crippen molar-refractivity contribution in [2.75, 3.05) is 20.2 Å². The minimum Gasteiger partial charge on any atom is -0.468 e. The number of rotatable bonds is 7. The van der Waals surface area contributed by atoms with Crippen LogP contribution in [0.3, 0.4) is 0 Å². The molecule has 0 bridgehead atoms. The zero-order valence-corrected chi connectivity index (χ0v) is 14.0. The summed E-state index contributed by atoms with van der Waals surface area (Å²) in [5.74, 6) is 0.509. The molecule has 118 valence electrons. The minimum atomic E-state index is -0.590. The SMILES string of the molecule is CCNC(C)(CC(C)N1CCCC1C(C)C)C(=O)OC. The topological polar surface area (TPSA) is 41.6 Å². The third kappa shape index (κ3) is 3.95. The molecule has 0 aromatic heterocycles. The highest BCUT2D eigenvalue weighted by atomic mass is 16.5. The number of hydrogen-bond acceptors (Lipinski definition) is 4. The van der Waals surface area contributed by atoms with Gasteiger partial charge in [0.15, 0.2) is 0 Å². The van der Waals surface area contributed by atoms with E-state index in [1.165, 1.54) is 20.0 Å². The molecule has 0 amide bonds. The van der Waals surface area contributed by atoms with Crippen LogP contribution in [0, 0.1) is 5.92 Å². The lowest BCUT2D eigenvalue weighted by Gasteiger charge is -2.38. The van der Waals surface area contributed by atoms with Gasteiger partial charge in [-0.25, -0.2) is 0 Å². The predicted molar refractivity (Wildman–Crippen MR) is 82.7 cm³/mol. The molecular formula is C16H32N2O2. The smallest absolute Gasteiger partial charge is 0.325 e. The number of methoxy groups -OCH3 is 1. The summed E-state index contributed by atoms with van der Waals surface area (Å²) in [7, 11) is 1.47. The molecule has 1 heterocycles. The molecule has 1 aliphatic heterocycles. The monoisotopic (exact) mass is 284 g/mol. The van der Waals surface area contributed by atoms with Gasteiger partial charge in [-0.2, -0.15) is 0 Å². The van der Waals surface area contributed by atoms with Crippen molar-refractivity contribution in [3.8, 4) is 0 Å². The van der Waals surface area contributed by atoms with E-state index in [4.69, 9.17) is 4.74 Å². The molecule has 1 N–H and O–H groups in total. The van der Waals surface area contributed by atoms with Crippen molar-refractivity contribution in [3.63, 3.8) is 0 Å². The molecular weight excluding hydrogens is 252 g/mol. The summed E-state index contributed by atoms with van der Waals surface area (Å²) in [6.07, 6.45) is 3.33. The Balaban J connectivity index is 2.75. The molecule has 4 heteroatoms. The lowest BCUT2D eigenvalue weighted by atomic mass is 9.91. The van der Waals surface area contributed by atoms with Crippen LogP contribution in [0.15, 0.2) is 0 Å². The molecule has 0 aliphatic carbocycles. The Kier molecular flexibility index (Phi) is 6.46. The van der Waals surface area contributed by atoms with Gasteiger partial charge in [0.2, 0.25) is 0 Å². The highest BCUT2D eigenvalue weighted by Crippen LogP contribution is 2.29. The first-order chi connectivity index (χ1) is 9.35. The number of nitrogens with zero attached hydrogens (tertiary/aromatic N) is 1. The van der Waals surface area contributed by atoms with Gasteiger partial charge in [0.25, 0.3) is 0 Å². The number of hydrogen-bond donors (Lipinski definition) is 1. The largest absolute Gasteiger partial charge is 0.468 e. The molecule has 3 unspecified atom stereocenters. The Hall–Kier alpha value is -0.610. The van der Waals surface area contributed by atoms with Crippen molar-refractivity contribution in [1.82, 2.24) is 10.2 Å². The van der Waals surface area contributed by atoms with E-state index in [9.17, 15) is 4.79 Å². The van der Waals surface area contributed by atoms with Crippen LogP contribution >= 0.6 is 0 Å². The quantitative estimate of drug-likeness (QED) is 0.729. The summed E-state index contributed by atoms with van der Waals surface area (Å²) in [5, 5.41) is 3.31. The van der Waals surface area contributed by atoms with E-state index >= 15 is 0 Å². The zero-order valence-electron chi connectivity index (χ0n) is 14.0. The van der Waals surface area contributed by atoms with Gasteiger partial charge >= 0.3 is 5.97 Å². The third-order valence-electron chi connectivity index (χ3n) is 4.58. The molecule has 1 saturated heterocycles. The van der Waals surface area contributed by atoms with Gasteiger partial charge in [0.1, 0.15) is 5.54 Å². The van der Waals surface area contributed by atoms with Gasteiger partial charge in [-0.05, 0) is 52.1 Å². The summed E-state index contributed by atoms with van der Waals surface area (Å²) in [5.41, 5.74) is -0.590. The van der Waals surface area contributed by atoms with Crippen LogP contribution in [0.5, 0.6) is 0 Å². The average Bonchev–Trinajstić information content (AvgIpc) is 2.87. The van der Waals surface area contributed by atoms with Gasteiger partial charge < -0.3 is 10.1 Å². The van der Waals surface area contributed by atoms with Crippen molar-refractivity contribution in [1.29, 1.82) is 0 Å². The Morgan fingerprint density at radius 2 is 2.10 bits per heavy atom. The van der Waals surface area contributed by atoms with E-state index < -0.39 is 5.54 Å². The molecule has 1 aliphatic rings. The summed E-state index contributed by atoms with van der Waals surface area (Å²) in [4.78, 5) is 14.7. The number of likely N-dealkylation sites (tertiary alicyclic amines) is 1. The van der Waals surface area contributed by atoms with Gasteiger partial charge in [-0.15, -0.1) is 0 Å². The van der Waals surface area contributed by atoms with Crippen LogP contribution in [0.25, 0.3) is 0 Å². The number of carbonyl (C=O) groups excluding carboxylic acids is 1. The van der Waals surface area contributed by atoms with Gasteiger partial charge in [-0.3, -0.25) is 9.69 Å². The Morgan fingerprint density at radius 1 is 1.45 bits per heavy atom. The molecule has 0 radical (unpaired) electrons. The number of carbonyl (C=O) groups is 1. The lowest BCUT2D eigenvalue weighted by Crippen LogP contribution is -2.54. The summed E-state index contributed by atoms with van der Waals surface area (Å²) < 4.78 is 4.99. The second-order valence-electron chi connectivity index (χ2n) is 6.60. The molecule has 20 heavy (non-hydrogen) atoms. The van der Waals surface area contributed by atoms with E-state index in [0.717, 1.165) is 19.5 Å². The second kappa shape index (κ2) is 7.41. The standard InChI is InChI=1S/C16H32N2O2/c1-7-17-16(5,15(19)20-6)11-13(4)18-10-8-9-14(18)12(2)3/h12-14,17H,7-11H2,1-6H3. The first-order valence-electron chi connectivity index (χ1n) is 7.95. The van der Waals surface area contributed by atoms with E-state index in [0.29, 0.717) is 18.0 Å². The number of esters is 1. The number of likely N-dealkylation sites (N-methyl/N-ethyl adjacent to an activating group) is 1. The Labute approximate surface area is 124 Å². The van der Waals surface area contributed by atoms with Crippen molar-refractivity contribution < 1.29 is 9.53 Å². The zero-order chi connectivity index (χ0) is 15.3. The highest BCUT2D eigenvalue weighted by molar-refractivity contribution is 5.80. The van der Waals surface area contributed by atoms with E-state index in [1.807, 2.05) is 13.8 Å². The molecule has 0 aromatic rings. The maximum Gasteiger partial charge on any atom is 0.325 e. The fourth-order valence-electron chi connectivity index (χ4n) is 3.63. The maximum atomic E-state index is 12.1. The fraction of sp³-hybridized carbons (Fsp3) is 0.938. The maximum absolute atomic E-state index is 12.1. The van der Waals surface area contributed by atoms with Crippen molar-refractivity contribution in [2.45, 2.75) is 71.5 Å². The number of ether oxygens (including phenoxy) is 1. The highest BCUT2D eigenvalue weighted by Gasteiger charge is 2.39. The average molecular weight is 284 g/mol. The third-order valence-corrected chi connectivity index (χ3v) is 4.58. The lowest BCUT2D eigenvalue weighted by molar-refractivity contribution is -0.148. The van der Waals surface area contributed by atoms with E-state index in [2.05, 4.69) is 31.0 Å². The van der Waals surface area contributed by atoms with Crippen molar-refractivity contribution >= 4 is 5.97 Å². The van der Waals surface area contributed by atoms with Crippen LogP contribution in [-0.4, -0.2) is 48.7 Å². The first kappa shape index (κ1) is 17.4. The van der Waals surface area contributed by atoms with Gasteiger partial charge in [0, 0.05) is 12.1 Å². The minimum absolute atomic E-state index is 0.161. The normalized spacial score (nSPS) is 24.6.